The van der Waals surface area contributed by atoms with Crippen LogP contribution in [0.2, 0.25) is 0 Å². The lowest BCUT2D eigenvalue weighted by Crippen LogP contribution is -2.14. The summed E-state index contributed by atoms with van der Waals surface area (Å²) in [5.41, 5.74) is 1.39. The van der Waals surface area contributed by atoms with Gasteiger partial charge in [-0.15, -0.1) is 0 Å². The predicted molar refractivity (Wildman–Crippen MR) is 197 cm³/mol. The van der Waals surface area contributed by atoms with Crippen molar-refractivity contribution in [3.63, 3.8) is 0 Å². The fourth-order valence-corrected chi connectivity index (χ4v) is 6.08. The molecule has 0 saturated carbocycles. The zero-order chi connectivity index (χ0) is 34.3. The van der Waals surface area contributed by atoms with Crippen LogP contribution in [0.25, 0.3) is 16.5 Å². The fraction of sp³-hybridized carbons (Fsp3) is 0.385. The normalized spacial score (nSPS) is 11.1. The van der Waals surface area contributed by atoms with Gasteiger partial charge >= 0.3 is 0 Å². The van der Waals surface area contributed by atoms with Gasteiger partial charge in [0.1, 0.15) is 17.2 Å². The van der Waals surface area contributed by atoms with E-state index < -0.39 is 5.91 Å². The molecule has 2 N–H and O–H groups in total. The predicted octanol–water partition coefficient (Wildman–Crippen LogP) is 10.0. The SMILES string of the molecule is CCCCCCCCCCCCCCOc1ccccc1NC(=O)c1cc(OCn2nnn(-c3ccccc3)c2=S)c2ccccc2c1O. The van der Waals surface area contributed by atoms with Crippen molar-refractivity contribution >= 4 is 34.6 Å². The smallest absolute Gasteiger partial charge is 0.259 e. The van der Waals surface area contributed by atoms with Gasteiger partial charge in [0.25, 0.3) is 5.91 Å². The molecule has 9 nitrogen and oxygen atoms in total. The number of fused-ring (bicyclic) bond motifs is 1. The standard InChI is InChI=1S/C39H47N5O4S/c1-2-3-4-5-6-7-8-9-10-11-12-20-27-47-35-26-19-18-25-34(35)40-38(46)33-28-36(31-23-16-17-24-32(31)37(33)45)48-29-43-39(49)44(42-41-43)30-21-14-13-15-22-30/h13-19,21-26,28,45H,2-12,20,27,29H2,1H3,(H,40,46). The van der Waals surface area contributed by atoms with E-state index in [1.54, 1.807) is 22.9 Å². The van der Waals surface area contributed by atoms with Crippen LogP contribution in [0.4, 0.5) is 5.69 Å². The molecule has 1 amide bonds. The van der Waals surface area contributed by atoms with E-state index in [-0.39, 0.29) is 18.0 Å². The highest BCUT2D eigenvalue weighted by Crippen LogP contribution is 2.37. The summed E-state index contributed by atoms with van der Waals surface area (Å²) in [6, 6.07) is 25.6. The minimum absolute atomic E-state index is 0.0444. The van der Waals surface area contributed by atoms with Crippen LogP contribution in [0.3, 0.4) is 0 Å². The fourth-order valence-electron chi connectivity index (χ4n) is 5.85. The summed E-state index contributed by atoms with van der Waals surface area (Å²) < 4.78 is 15.6. The van der Waals surface area contributed by atoms with E-state index in [4.69, 9.17) is 21.7 Å². The molecule has 0 radical (unpaired) electrons. The lowest BCUT2D eigenvalue weighted by atomic mass is 10.0. The second-order valence-electron chi connectivity index (χ2n) is 12.3. The van der Waals surface area contributed by atoms with Crippen LogP contribution >= 0.6 is 12.2 Å². The van der Waals surface area contributed by atoms with Gasteiger partial charge in [0.2, 0.25) is 4.77 Å². The maximum Gasteiger partial charge on any atom is 0.259 e. The number of aromatic hydroxyl groups is 1. The molecule has 4 aromatic carbocycles. The maximum absolute atomic E-state index is 13.6. The summed E-state index contributed by atoms with van der Waals surface area (Å²) in [7, 11) is 0. The van der Waals surface area contributed by atoms with Gasteiger partial charge in [-0.25, -0.2) is 0 Å². The molecule has 258 valence electrons. The number of tetrazole rings is 1. The van der Waals surface area contributed by atoms with E-state index in [1.807, 2.05) is 60.7 Å². The number of carbonyl (C=O) groups is 1. The van der Waals surface area contributed by atoms with Crippen molar-refractivity contribution in [2.75, 3.05) is 11.9 Å². The number of benzene rings is 4. The molecule has 0 unspecified atom stereocenters. The number of amides is 1. The number of phenolic OH excluding ortho intramolecular Hbond substituents is 1. The summed E-state index contributed by atoms with van der Waals surface area (Å²) in [6.45, 7) is 2.79. The molecule has 0 atom stereocenters. The molecule has 10 heteroatoms. The Morgan fingerprint density at radius 2 is 1.35 bits per heavy atom. The number of carbonyl (C=O) groups excluding carboxylic acids is 1. The number of nitrogens with one attached hydrogen (secondary N) is 1. The minimum Gasteiger partial charge on any atom is -0.506 e. The number of anilines is 1. The van der Waals surface area contributed by atoms with Gasteiger partial charge in [-0.2, -0.15) is 9.36 Å². The van der Waals surface area contributed by atoms with E-state index in [0.29, 0.717) is 39.3 Å². The number of hydrogen-bond donors (Lipinski definition) is 2. The highest BCUT2D eigenvalue weighted by Gasteiger charge is 2.20. The van der Waals surface area contributed by atoms with Gasteiger partial charge in [-0.1, -0.05) is 132 Å². The number of hydrogen-bond acceptors (Lipinski definition) is 7. The Balaban J connectivity index is 1.17. The number of para-hydroxylation sites is 3. The number of rotatable bonds is 20. The van der Waals surface area contributed by atoms with Crippen molar-refractivity contribution < 1.29 is 19.4 Å². The third-order valence-corrected chi connectivity index (χ3v) is 8.98. The molecule has 0 aliphatic rings. The first-order chi connectivity index (χ1) is 24.1. The van der Waals surface area contributed by atoms with E-state index in [9.17, 15) is 9.90 Å². The number of aromatic nitrogens is 4. The van der Waals surface area contributed by atoms with E-state index >= 15 is 0 Å². The molecule has 0 spiro atoms. The summed E-state index contributed by atoms with van der Waals surface area (Å²) >= 11 is 5.58. The number of nitrogens with zero attached hydrogens (tertiary/aromatic N) is 4. The first kappa shape index (κ1) is 35.6. The van der Waals surface area contributed by atoms with Crippen molar-refractivity contribution in [2.24, 2.45) is 0 Å². The Morgan fingerprint density at radius 3 is 2.06 bits per heavy atom. The number of phenols is 1. The maximum atomic E-state index is 13.6. The average molecular weight is 682 g/mol. The Bertz CT molecular complexity index is 1840. The summed E-state index contributed by atoms with van der Waals surface area (Å²) in [6.07, 6.45) is 15.3. The molecule has 5 rings (SSSR count). The van der Waals surface area contributed by atoms with E-state index in [2.05, 4.69) is 22.7 Å². The zero-order valence-corrected chi connectivity index (χ0v) is 29.2. The van der Waals surface area contributed by atoms with Crippen molar-refractivity contribution in [3.05, 3.63) is 95.3 Å². The lowest BCUT2D eigenvalue weighted by Gasteiger charge is -2.15. The molecule has 1 heterocycles. The van der Waals surface area contributed by atoms with E-state index in [0.717, 1.165) is 18.5 Å². The number of unbranched alkanes of at least 4 members (excludes halogenated alkanes) is 11. The van der Waals surface area contributed by atoms with Gasteiger partial charge in [0, 0.05) is 10.8 Å². The zero-order valence-electron chi connectivity index (χ0n) is 28.4. The average Bonchev–Trinajstić information content (AvgIpc) is 3.50. The Hall–Kier alpha value is -4.70. The highest BCUT2D eigenvalue weighted by molar-refractivity contribution is 7.71. The van der Waals surface area contributed by atoms with Crippen LogP contribution in [0, 0.1) is 4.77 Å². The first-order valence-corrected chi connectivity index (χ1v) is 18.0. The van der Waals surface area contributed by atoms with Gasteiger partial charge in [0.15, 0.2) is 6.73 Å². The molecule has 1 aromatic heterocycles. The first-order valence-electron chi connectivity index (χ1n) is 17.6. The van der Waals surface area contributed by atoms with Crippen LogP contribution in [-0.2, 0) is 6.73 Å². The third-order valence-electron chi connectivity index (χ3n) is 8.60. The second kappa shape index (κ2) is 18.7. The molecule has 5 aromatic rings. The largest absolute Gasteiger partial charge is 0.506 e. The Labute approximate surface area is 293 Å². The highest BCUT2D eigenvalue weighted by atomic mass is 32.1. The lowest BCUT2D eigenvalue weighted by molar-refractivity contribution is 0.102. The molecule has 0 bridgehead atoms. The Kier molecular flexibility index (Phi) is 13.6. The van der Waals surface area contributed by atoms with Crippen molar-refractivity contribution in [3.8, 4) is 22.9 Å². The van der Waals surface area contributed by atoms with Crippen molar-refractivity contribution in [1.29, 1.82) is 0 Å². The molecular weight excluding hydrogens is 635 g/mol. The van der Waals surface area contributed by atoms with Crippen molar-refractivity contribution in [1.82, 2.24) is 19.8 Å². The van der Waals surface area contributed by atoms with Crippen LogP contribution in [0.1, 0.15) is 94.3 Å². The van der Waals surface area contributed by atoms with Crippen LogP contribution in [-0.4, -0.2) is 37.4 Å². The molecule has 0 aliphatic carbocycles. The second-order valence-corrected chi connectivity index (χ2v) is 12.7. The van der Waals surface area contributed by atoms with Gasteiger partial charge in [-0.05, 0) is 59.4 Å². The summed E-state index contributed by atoms with van der Waals surface area (Å²) in [4.78, 5) is 13.6. The monoisotopic (exact) mass is 681 g/mol. The molecule has 49 heavy (non-hydrogen) atoms. The van der Waals surface area contributed by atoms with Crippen LogP contribution in [0.5, 0.6) is 17.2 Å². The third kappa shape index (κ3) is 9.92. The Morgan fingerprint density at radius 1 is 0.735 bits per heavy atom. The topological polar surface area (TPSA) is 103 Å². The van der Waals surface area contributed by atoms with E-state index in [1.165, 1.54) is 75.0 Å². The minimum atomic E-state index is -0.485. The van der Waals surface area contributed by atoms with Gasteiger partial charge in [0.05, 0.1) is 23.5 Å². The summed E-state index contributed by atoms with van der Waals surface area (Å²) in [5.74, 6) is 0.362. The van der Waals surface area contributed by atoms with Gasteiger partial charge < -0.3 is 19.9 Å². The number of ether oxygens (including phenoxy) is 2. The van der Waals surface area contributed by atoms with Crippen LogP contribution in [0.15, 0.2) is 84.9 Å². The van der Waals surface area contributed by atoms with Crippen molar-refractivity contribution in [2.45, 2.75) is 90.7 Å². The molecule has 0 saturated heterocycles. The molecular formula is C39H47N5O4S. The summed E-state index contributed by atoms with van der Waals surface area (Å²) in [5, 5.41) is 23.6. The van der Waals surface area contributed by atoms with Gasteiger partial charge in [-0.3, -0.25) is 4.79 Å². The quantitative estimate of drug-likeness (QED) is 0.0622. The molecule has 0 aliphatic heterocycles. The molecule has 0 fully saturated rings. The van der Waals surface area contributed by atoms with Crippen LogP contribution < -0.4 is 14.8 Å².